The van der Waals surface area contributed by atoms with Gasteiger partial charge in [-0.05, 0) is 12.5 Å². The smallest absolute Gasteiger partial charge is 0.355 e. The Hall–Kier alpha value is -2.15. The molecule has 0 atom stereocenters. The van der Waals surface area contributed by atoms with Gasteiger partial charge in [-0.15, -0.1) is 11.3 Å². The van der Waals surface area contributed by atoms with Crippen molar-refractivity contribution >= 4 is 22.4 Å². The molecule has 19 heavy (non-hydrogen) atoms. The highest BCUT2D eigenvalue weighted by Crippen LogP contribution is 2.22. The highest BCUT2D eigenvalue weighted by Gasteiger charge is 2.13. The molecule has 7 heteroatoms. The fourth-order valence-corrected chi connectivity index (χ4v) is 2.29. The third-order valence-electron chi connectivity index (χ3n) is 2.45. The second kappa shape index (κ2) is 5.66. The van der Waals surface area contributed by atoms with E-state index in [-0.39, 0.29) is 5.69 Å². The van der Waals surface area contributed by atoms with Crippen molar-refractivity contribution in [3.8, 4) is 5.88 Å². The summed E-state index contributed by atoms with van der Waals surface area (Å²) in [5.74, 6) is -0.449. The molecule has 0 bridgehead atoms. The molecule has 2 aromatic rings. The average molecular weight is 279 g/mol. The molecule has 0 fully saturated rings. The van der Waals surface area contributed by atoms with Crippen LogP contribution in [0.5, 0.6) is 5.88 Å². The van der Waals surface area contributed by atoms with Crippen LogP contribution in [-0.2, 0) is 6.54 Å². The van der Waals surface area contributed by atoms with E-state index in [0.717, 1.165) is 5.56 Å². The third kappa shape index (κ3) is 3.19. The van der Waals surface area contributed by atoms with Crippen LogP contribution in [0.15, 0.2) is 18.3 Å². The molecule has 0 aromatic carbocycles. The van der Waals surface area contributed by atoms with Crippen LogP contribution >= 0.6 is 11.3 Å². The third-order valence-corrected chi connectivity index (χ3v) is 3.38. The number of carboxylic acids is 1. The molecule has 0 saturated carbocycles. The Morgan fingerprint density at radius 3 is 2.84 bits per heavy atom. The minimum absolute atomic E-state index is 0.0976. The molecule has 2 N–H and O–H groups in total. The van der Waals surface area contributed by atoms with E-state index in [4.69, 9.17) is 9.84 Å². The number of aromatic nitrogens is 2. The topological polar surface area (TPSA) is 84.3 Å². The van der Waals surface area contributed by atoms with E-state index in [2.05, 4.69) is 15.3 Å². The van der Waals surface area contributed by atoms with Gasteiger partial charge in [-0.2, -0.15) is 0 Å². The van der Waals surface area contributed by atoms with Crippen molar-refractivity contribution in [3.05, 3.63) is 34.5 Å². The van der Waals surface area contributed by atoms with Crippen LogP contribution in [0.2, 0.25) is 0 Å². The molecule has 0 radical (unpaired) electrons. The van der Waals surface area contributed by atoms with Gasteiger partial charge in [0.15, 0.2) is 10.8 Å². The van der Waals surface area contributed by atoms with Crippen molar-refractivity contribution in [2.75, 3.05) is 12.4 Å². The number of aromatic carboxylic acids is 1. The van der Waals surface area contributed by atoms with Gasteiger partial charge < -0.3 is 15.2 Å². The van der Waals surface area contributed by atoms with Gasteiger partial charge in [0, 0.05) is 23.7 Å². The zero-order valence-electron chi connectivity index (χ0n) is 10.5. The molecule has 0 unspecified atom stereocenters. The lowest BCUT2D eigenvalue weighted by atomic mass is 10.3. The Morgan fingerprint density at radius 1 is 1.53 bits per heavy atom. The predicted molar refractivity (Wildman–Crippen MR) is 71.9 cm³/mol. The van der Waals surface area contributed by atoms with Crippen LogP contribution < -0.4 is 10.1 Å². The second-order valence-electron chi connectivity index (χ2n) is 3.79. The number of thiazole rings is 1. The number of carboxylic acid groups (broad SMARTS) is 1. The SMILES string of the molecule is COc1ccc(CNc2nc(C(=O)O)c(C)s2)cn1. The van der Waals surface area contributed by atoms with E-state index in [1.54, 1.807) is 26.3 Å². The Balaban J connectivity index is 2.01. The molecule has 100 valence electrons. The van der Waals surface area contributed by atoms with Gasteiger partial charge in [0.25, 0.3) is 0 Å². The largest absolute Gasteiger partial charge is 0.481 e. The summed E-state index contributed by atoms with van der Waals surface area (Å²) in [7, 11) is 1.56. The zero-order chi connectivity index (χ0) is 13.8. The number of nitrogens with one attached hydrogen (secondary N) is 1. The first kappa shape index (κ1) is 13.3. The van der Waals surface area contributed by atoms with Crippen LogP contribution in [0.25, 0.3) is 0 Å². The lowest BCUT2D eigenvalue weighted by Crippen LogP contribution is -2.02. The lowest BCUT2D eigenvalue weighted by molar-refractivity contribution is 0.0690. The average Bonchev–Trinajstić information content (AvgIpc) is 2.78. The van der Waals surface area contributed by atoms with Gasteiger partial charge in [0.05, 0.1) is 7.11 Å². The van der Waals surface area contributed by atoms with Gasteiger partial charge in [0.1, 0.15) is 0 Å². The quantitative estimate of drug-likeness (QED) is 0.872. The van der Waals surface area contributed by atoms with E-state index in [1.165, 1.54) is 11.3 Å². The molecule has 2 aromatic heterocycles. The number of carbonyl (C=O) groups is 1. The number of ether oxygens (including phenoxy) is 1. The maximum atomic E-state index is 10.9. The molecule has 0 spiro atoms. The molecule has 0 aliphatic heterocycles. The summed E-state index contributed by atoms with van der Waals surface area (Å²) < 4.78 is 4.97. The Labute approximate surface area is 114 Å². The number of nitrogens with zero attached hydrogens (tertiary/aromatic N) is 2. The fourth-order valence-electron chi connectivity index (χ4n) is 1.48. The molecular weight excluding hydrogens is 266 g/mol. The molecular formula is C12H13N3O3S. The summed E-state index contributed by atoms with van der Waals surface area (Å²) in [5, 5.41) is 12.6. The summed E-state index contributed by atoms with van der Waals surface area (Å²) >= 11 is 1.32. The molecule has 0 aliphatic carbocycles. The maximum absolute atomic E-state index is 10.9. The first-order valence-corrected chi connectivity index (χ1v) is 6.35. The predicted octanol–water partition coefficient (Wildman–Crippen LogP) is 2.17. The number of aryl methyl sites for hydroxylation is 1. The van der Waals surface area contributed by atoms with Gasteiger partial charge in [0.2, 0.25) is 5.88 Å². The van der Waals surface area contributed by atoms with Gasteiger partial charge >= 0.3 is 5.97 Å². The standard InChI is InChI=1S/C12H13N3O3S/c1-7-10(11(16)17)15-12(19-7)14-6-8-3-4-9(18-2)13-5-8/h3-5H,6H2,1-2H3,(H,14,15)(H,16,17). The van der Waals surface area contributed by atoms with E-state index < -0.39 is 5.97 Å². The molecule has 0 amide bonds. The number of hydrogen-bond acceptors (Lipinski definition) is 6. The Kier molecular flexibility index (Phi) is 3.96. The number of anilines is 1. The van der Waals surface area contributed by atoms with Crippen LogP contribution in [0.3, 0.4) is 0 Å². The van der Waals surface area contributed by atoms with Crippen molar-refractivity contribution in [2.24, 2.45) is 0 Å². The highest BCUT2D eigenvalue weighted by molar-refractivity contribution is 7.15. The van der Waals surface area contributed by atoms with Crippen molar-refractivity contribution < 1.29 is 14.6 Å². The van der Waals surface area contributed by atoms with E-state index >= 15 is 0 Å². The summed E-state index contributed by atoms with van der Waals surface area (Å²) in [4.78, 5) is 19.7. The Morgan fingerprint density at radius 2 is 2.32 bits per heavy atom. The van der Waals surface area contributed by atoms with Crippen molar-refractivity contribution in [1.29, 1.82) is 0 Å². The lowest BCUT2D eigenvalue weighted by Gasteiger charge is -2.03. The number of hydrogen-bond donors (Lipinski definition) is 2. The molecule has 6 nitrogen and oxygen atoms in total. The number of rotatable bonds is 5. The van der Waals surface area contributed by atoms with E-state index in [9.17, 15) is 4.79 Å². The second-order valence-corrected chi connectivity index (χ2v) is 4.99. The monoisotopic (exact) mass is 279 g/mol. The zero-order valence-corrected chi connectivity index (χ0v) is 11.3. The summed E-state index contributed by atoms with van der Waals surface area (Å²) in [5.41, 5.74) is 1.06. The van der Waals surface area contributed by atoms with Crippen molar-refractivity contribution in [1.82, 2.24) is 9.97 Å². The molecule has 0 aliphatic rings. The maximum Gasteiger partial charge on any atom is 0.355 e. The molecule has 2 rings (SSSR count). The minimum Gasteiger partial charge on any atom is -0.481 e. The van der Waals surface area contributed by atoms with Crippen molar-refractivity contribution in [2.45, 2.75) is 13.5 Å². The Bertz CT molecular complexity index is 580. The summed E-state index contributed by atoms with van der Waals surface area (Å²) in [6.07, 6.45) is 1.70. The summed E-state index contributed by atoms with van der Waals surface area (Å²) in [6, 6.07) is 3.66. The normalized spacial score (nSPS) is 10.2. The van der Waals surface area contributed by atoms with Gasteiger partial charge in [-0.25, -0.2) is 14.8 Å². The summed E-state index contributed by atoms with van der Waals surface area (Å²) in [6.45, 7) is 2.27. The number of pyridine rings is 1. The fraction of sp³-hybridized carbons (Fsp3) is 0.250. The first-order chi connectivity index (χ1) is 9.10. The van der Waals surface area contributed by atoms with Gasteiger partial charge in [-0.1, -0.05) is 6.07 Å². The highest BCUT2D eigenvalue weighted by atomic mass is 32.1. The van der Waals surface area contributed by atoms with Crippen LogP contribution in [0.1, 0.15) is 20.9 Å². The number of methoxy groups -OCH3 is 1. The van der Waals surface area contributed by atoms with E-state index in [1.807, 2.05) is 6.07 Å². The molecule has 0 saturated heterocycles. The van der Waals surface area contributed by atoms with Gasteiger partial charge in [-0.3, -0.25) is 0 Å². The molecule has 2 heterocycles. The van der Waals surface area contributed by atoms with Crippen molar-refractivity contribution in [3.63, 3.8) is 0 Å². The first-order valence-electron chi connectivity index (χ1n) is 5.53. The van der Waals surface area contributed by atoms with Crippen LogP contribution in [-0.4, -0.2) is 28.2 Å². The van der Waals surface area contributed by atoms with E-state index in [0.29, 0.717) is 22.4 Å². The van der Waals surface area contributed by atoms with Crippen LogP contribution in [0.4, 0.5) is 5.13 Å². The van der Waals surface area contributed by atoms with Crippen LogP contribution in [0, 0.1) is 6.92 Å². The minimum atomic E-state index is -1.01.